The van der Waals surface area contributed by atoms with Crippen LogP contribution in [0.3, 0.4) is 0 Å². The lowest BCUT2D eigenvalue weighted by Crippen LogP contribution is -2.33. The standard InChI is InChI=1S/C18H18FNO/c19-16-8-4-5-14(11-16)12-17(21)20-13-18(9-10-18)15-6-2-1-3-7-15/h1-8,11H,9-10,12-13H2,(H,20,21). The van der Waals surface area contributed by atoms with Crippen molar-refractivity contribution in [3.05, 3.63) is 71.5 Å². The number of amides is 1. The number of nitrogens with one attached hydrogen (secondary N) is 1. The van der Waals surface area contributed by atoms with E-state index in [9.17, 15) is 9.18 Å². The first-order chi connectivity index (χ1) is 10.2. The Balaban J connectivity index is 1.57. The summed E-state index contributed by atoms with van der Waals surface area (Å²) in [4.78, 5) is 12.0. The summed E-state index contributed by atoms with van der Waals surface area (Å²) in [5, 5.41) is 2.99. The third-order valence-corrected chi connectivity index (χ3v) is 4.12. The topological polar surface area (TPSA) is 29.1 Å². The summed E-state index contributed by atoms with van der Waals surface area (Å²) >= 11 is 0. The van der Waals surface area contributed by atoms with E-state index in [1.165, 1.54) is 17.7 Å². The van der Waals surface area contributed by atoms with Crippen LogP contribution in [0.25, 0.3) is 0 Å². The lowest BCUT2D eigenvalue weighted by molar-refractivity contribution is -0.120. The molecule has 1 N–H and O–H groups in total. The van der Waals surface area contributed by atoms with Gasteiger partial charge in [-0.3, -0.25) is 4.79 Å². The van der Waals surface area contributed by atoms with Gasteiger partial charge in [0.2, 0.25) is 5.91 Å². The highest BCUT2D eigenvalue weighted by Crippen LogP contribution is 2.47. The van der Waals surface area contributed by atoms with E-state index in [0.29, 0.717) is 12.1 Å². The Labute approximate surface area is 124 Å². The van der Waals surface area contributed by atoms with Crippen LogP contribution in [0.15, 0.2) is 54.6 Å². The predicted molar refractivity (Wildman–Crippen MR) is 80.5 cm³/mol. The monoisotopic (exact) mass is 283 g/mol. The minimum atomic E-state index is -0.303. The maximum absolute atomic E-state index is 13.1. The fourth-order valence-electron chi connectivity index (χ4n) is 2.67. The fourth-order valence-corrected chi connectivity index (χ4v) is 2.67. The molecule has 21 heavy (non-hydrogen) atoms. The van der Waals surface area contributed by atoms with E-state index in [1.54, 1.807) is 12.1 Å². The number of halogens is 1. The van der Waals surface area contributed by atoms with E-state index in [2.05, 4.69) is 17.4 Å². The highest BCUT2D eigenvalue weighted by atomic mass is 19.1. The summed E-state index contributed by atoms with van der Waals surface area (Å²) in [5.41, 5.74) is 2.10. The first-order valence-corrected chi connectivity index (χ1v) is 7.25. The van der Waals surface area contributed by atoms with E-state index >= 15 is 0 Å². The van der Waals surface area contributed by atoms with Crippen molar-refractivity contribution in [3.8, 4) is 0 Å². The summed E-state index contributed by atoms with van der Waals surface area (Å²) in [6.07, 6.45) is 2.44. The molecule has 2 aromatic carbocycles. The number of hydrogen-bond donors (Lipinski definition) is 1. The Morgan fingerprint density at radius 3 is 2.52 bits per heavy atom. The van der Waals surface area contributed by atoms with Crippen molar-refractivity contribution < 1.29 is 9.18 Å². The summed E-state index contributed by atoms with van der Waals surface area (Å²) in [6, 6.07) is 16.5. The molecule has 2 aromatic rings. The predicted octanol–water partition coefficient (Wildman–Crippen LogP) is 3.22. The summed E-state index contributed by atoms with van der Waals surface area (Å²) < 4.78 is 13.1. The molecular weight excluding hydrogens is 265 g/mol. The van der Waals surface area contributed by atoms with Crippen LogP contribution >= 0.6 is 0 Å². The highest BCUT2D eigenvalue weighted by Gasteiger charge is 2.44. The van der Waals surface area contributed by atoms with Crippen LogP contribution in [-0.4, -0.2) is 12.5 Å². The molecule has 1 saturated carbocycles. The molecule has 1 amide bonds. The molecule has 0 bridgehead atoms. The van der Waals surface area contributed by atoms with Crippen molar-refractivity contribution in [2.75, 3.05) is 6.54 Å². The van der Waals surface area contributed by atoms with Crippen LogP contribution in [0.2, 0.25) is 0 Å². The summed E-state index contributed by atoms with van der Waals surface area (Å²) in [5.74, 6) is -0.356. The van der Waals surface area contributed by atoms with Crippen LogP contribution < -0.4 is 5.32 Å². The van der Waals surface area contributed by atoms with Gasteiger partial charge in [0.1, 0.15) is 5.82 Å². The number of hydrogen-bond acceptors (Lipinski definition) is 1. The Bertz CT molecular complexity index is 635. The van der Waals surface area contributed by atoms with Crippen LogP contribution in [0.1, 0.15) is 24.0 Å². The Kier molecular flexibility index (Phi) is 3.74. The van der Waals surface area contributed by atoms with Gasteiger partial charge in [-0.2, -0.15) is 0 Å². The molecular formula is C18H18FNO. The fraction of sp³-hybridized carbons (Fsp3) is 0.278. The zero-order chi connectivity index (χ0) is 14.7. The molecule has 1 aliphatic carbocycles. The number of rotatable bonds is 5. The van der Waals surface area contributed by atoms with Crippen molar-refractivity contribution >= 4 is 5.91 Å². The third kappa shape index (κ3) is 3.30. The largest absolute Gasteiger partial charge is 0.355 e. The van der Waals surface area contributed by atoms with Crippen LogP contribution in [0, 0.1) is 5.82 Å². The average Bonchev–Trinajstić information content (AvgIpc) is 3.27. The first-order valence-electron chi connectivity index (χ1n) is 7.25. The molecule has 0 atom stereocenters. The van der Waals surface area contributed by atoms with Crippen molar-refractivity contribution in [2.24, 2.45) is 0 Å². The van der Waals surface area contributed by atoms with Crippen LogP contribution in [0.5, 0.6) is 0 Å². The van der Waals surface area contributed by atoms with Crippen molar-refractivity contribution in [3.63, 3.8) is 0 Å². The second-order valence-corrected chi connectivity index (χ2v) is 5.73. The summed E-state index contributed by atoms with van der Waals surface area (Å²) in [7, 11) is 0. The number of carbonyl (C=O) groups excluding carboxylic acids is 1. The Morgan fingerprint density at radius 2 is 1.86 bits per heavy atom. The average molecular weight is 283 g/mol. The van der Waals surface area contributed by atoms with E-state index in [4.69, 9.17) is 0 Å². The van der Waals surface area contributed by atoms with Gasteiger partial charge in [-0.05, 0) is 36.1 Å². The SMILES string of the molecule is O=C(Cc1cccc(F)c1)NCC1(c2ccccc2)CC1. The maximum atomic E-state index is 13.1. The smallest absolute Gasteiger partial charge is 0.224 e. The van der Waals surface area contributed by atoms with E-state index < -0.39 is 0 Å². The third-order valence-electron chi connectivity index (χ3n) is 4.12. The second-order valence-electron chi connectivity index (χ2n) is 5.73. The molecule has 0 aromatic heterocycles. The van der Waals surface area contributed by atoms with Gasteiger partial charge in [0.15, 0.2) is 0 Å². The molecule has 0 saturated heterocycles. The van der Waals surface area contributed by atoms with Gasteiger partial charge in [-0.1, -0.05) is 42.5 Å². The van der Waals surface area contributed by atoms with Gasteiger partial charge in [-0.25, -0.2) is 4.39 Å². The molecule has 0 spiro atoms. The van der Waals surface area contributed by atoms with E-state index in [-0.39, 0.29) is 23.6 Å². The minimum Gasteiger partial charge on any atom is -0.355 e. The van der Waals surface area contributed by atoms with Gasteiger partial charge in [-0.15, -0.1) is 0 Å². The van der Waals surface area contributed by atoms with E-state index in [0.717, 1.165) is 12.8 Å². The number of carbonyl (C=O) groups is 1. The van der Waals surface area contributed by atoms with E-state index in [1.807, 2.05) is 18.2 Å². The second kappa shape index (κ2) is 5.68. The maximum Gasteiger partial charge on any atom is 0.224 e. The lowest BCUT2D eigenvalue weighted by Gasteiger charge is -2.16. The van der Waals surface area contributed by atoms with Gasteiger partial charge in [0.25, 0.3) is 0 Å². The quantitative estimate of drug-likeness (QED) is 0.897. The van der Waals surface area contributed by atoms with Gasteiger partial charge in [0, 0.05) is 12.0 Å². The van der Waals surface area contributed by atoms with Crippen molar-refractivity contribution in [2.45, 2.75) is 24.7 Å². The number of benzene rings is 2. The van der Waals surface area contributed by atoms with Crippen LogP contribution in [0.4, 0.5) is 4.39 Å². The molecule has 0 heterocycles. The lowest BCUT2D eigenvalue weighted by atomic mass is 9.96. The molecule has 2 nitrogen and oxygen atoms in total. The molecule has 0 aliphatic heterocycles. The first kappa shape index (κ1) is 13.8. The zero-order valence-electron chi connectivity index (χ0n) is 11.8. The van der Waals surface area contributed by atoms with Crippen LogP contribution in [-0.2, 0) is 16.6 Å². The Hall–Kier alpha value is -2.16. The molecule has 1 fully saturated rings. The molecule has 3 heteroatoms. The molecule has 108 valence electrons. The van der Waals surface area contributed by atoms with Crippen molar-refractivity contribution in [1.29, 1.82) is 0 Å². The van der Waals surface area contributed by atoms with Gasteiger partial charge in [0.05, 0.1) is 6.42 Å². The molecule has 1 aliphatic rings. The Morgan fingerprint density at radius 1 is 1.10 bits per heavy atom. The van der Waals surface area contributed by atoms with Crippen molar-refractivity contribution in [1.82, 2.24) is 5.32 Å². The zero-order valence-corrected chi connectivity index (χ0v) is 11.8. The minimum absolute atomic E-state index is 0.0530. The summed E-state index contributed by atoms with van der Waals surface area (Å²) in [6.45, 7) is 0.658. The normalized spacial score (nSPS) is 15.5. The highest BCUT2D eigenvalue weighted by molar-refractivity contribution is 5.78. The van der Waals surface area contributed by atoms with Gasteiger partial charge < -0.3 is 5.32 Å². The molecule has 3 rings (SSSR count). The molecule has 0 unspecified atom stereocenters. The molecule has 0 radical (unpaired) electrons. The van der Waals surface area contributed by atoms with Gasteiger partial charge >= 0.3 is 0 Å².